The highest BCUT2D eigenvalue weighted by atomic mass is 16.5. The molecule has 1 atom stereocenters. The molecule has 1 unspecified atom stereocenters. The van der Waals surface area contributed by atoms with Crippen molar-refractivity contribution in [1.29, 1.82) is 0 Å². The number of hydrogen-bond acceptors (Lipinski definition) is 4. The van der Waals surface area contributed by atoms with Crippen LogP contribution in [0.25, 0.3) is 33.7 Å². The monoisotopic (exact) mass is 512 g/mol. The first-order valence-electron chi connectivity index (χ1n) is 15.0. The van der Waals surface area contributed by atoms with Crippen LogP contribution in [0.3, 0.4) is 0 Å². The van der Waals surface area contributed by atoms with Crippen molar-refractivity contribution in [1.82, 2.24) is 20.0 Å². The molecule has 5 heteroatoms. The number of aromatic nitrogens is 3. The highest BCUT2D eigenvalue weighted by Crippen LogP contribution is 2.36. The molecule has 5 rings (SSSR count). The van der Waals surface area contributed by atoms with Gasteiger partial charge in [-0.25, -0.2) is 0 Å². The van der Waals surface area contributed by atoms with Gasteiger partial charge in [0, 0.05) is 40.3 Å². The minimum absolute atomic E-state index is 0.419. The van der Waals surface area contributed by atoms with Crippen molar-refractivity contribution in [3.05, 3.63) is 59.8 Å². The molecule has 0 saturated heterocycles. The Morgan fingerprint density at radius 2 is 1.82 bits per heavy atom. The first-order chi connectivity index (χ1) is 18.7. The summed E-state index contributed by atoms with van der Waals surface area (Å²) in [5.74, 6) is 1.28. The summed E-state index contributed by atoms with van der Waals surface area (Å²) in [5.41, 5.74) is 6.10. The van der Waals surface area contributed by atoms with Crippen LogP contribution in [-0.2, 0) is 6.42 Å². The van der Waals surface area contributed by atoms with Gasteiger partial charge in [-0.15, -0.1) is 0 Å². The van der Waals surface area contributed by atoms with Gasteiger partial charge in [0.15, 0.2) is 0 Å². The Kier molecular flexibility index (Phi) is 8.95. The van der Waals surface area contributed by atoms with E-state index in [1.54, 1.807) is 0 Å². The lowest BCUT2D eigenvalue weighted by molar-refractivity contribution is 0.431. The van der Waals surface area contributed by atoms with E-state index >= 15 is 0 Å². The van der Waals surface area contributed by atoms with Crippen molar-refractivity contribution in [3.8, 4) is 22.8 Å². The quantitative estimate of drug-likeness (QED) is 0.182. The molecule has 4 aromatic rings. The van der Waals surface area contributed by atoms with Crippen LogP contribution in [-0.4, -0.2) is 21.3 Å². The lowest BCUT2D eigenvalue weighted by atomic mass is 9.84. The van der Waals surface area contributed by atoms with E-state index in [4.69, 9.17) is 9.51 Å². The molecular formula is C33H44N4O. The maximum absolute atomic E-state index is 5.78. The summed E-state index contributed by atoms with van der Waals surface area (Å²) in [5, 5.41) is 9.47. The lowest BCUT2D eigenvalue weighted by Crippen LogP contribution is -2.26. The molecule has 1 aliphatic rings. The number of nitrogens with zero attached hydrogens (tertiary/aromatic N) is 3. The molecule has 1 aliphatic carbocycles. The predicted molar refractivity (Wildman–Crippen MR) is 157 cm³/mol. The summed E-state index contributed by atoms with van der Waals surface area (Å²) in [6.45, 7) is 7.78. The van der Waals surface area contributed by atoms with Gasteiger partial charge in [-0.1, -0.05) is 75.2 Å². The molecule has 1 N–H and O–H groups in total. The fourth-order valence-corrected chi connectivity index (χ4v) is 6.00. The van der Waals surface area contributed by atoms with E-state index in [1.165, 1.54) is 86.2 Å². The van der Waals surface area contributed by atoms with E-state index in [1.807, 2.05) is 0 Å². The van der Waals surface area contributed by atoms with Crippen LogP contribution in [0.4, 0.5) is 0 Å². The van der Waals surface area contributed by atoms with Gasteiger partial charge in [0.05, 0.1) is 0 Å². The summed E-state index contributed by atoms with van der Waals surface area (Å²) >= 11 is 0. The fraction of sp³-hybridized carbons (Fsp3) is 0.515. The zero-order valence-corrected chi connectivity index (χ0v) is 23.5. The largest absolute Gasteiger partial charge is 0.345 e. The number of fused-ring (bicyclic) bond motifs is 2. The zero-order valence-electron chi connectivity index (χ0n) is 23.5. The number of unbranched alkanes of at least 4 members (excludes halogenated alkanes) is 7. The van der Waals surface area contributed by atoms with E-state index in [0.29, 0.717) is 23.8 Å². The highest BCUT2D eigenvalue weighted by molar-refractivity contribution is 5.84. The first-order valence-corrected chi connectivity index (χ1v) is 15.0. The van der Waals surface area contributed by atoms with Gasteiger partial charge in [0.2, 0.25) is 5.82 Å². The van der Waals surface area contributed by atoms with Crippen molar-refractivity contribution in [3.63, 3.8) is 0 Å². The average Bonchev–Trinajstić information content (AvgIpc) is 3.59. The summed E-state index contributed by atoms with van der Waals surface area (Å²) in [6, 6.07) is 16.0. The molecule has 38 heavy (non-hydrogen) atoms. The van der Waals surface area contributed by atoms with Crippen molar-refractivity contribution >= 4 is 10.9 Å². The molecule has 0 saturated carbocycles. The molecule has 0 aliphatic heterocycles. The molecule has 0 amide bonds. The van der Waals surface area contributed by atoms with Gasteiger partial charge in [0.1, 0.15) is 0 Å². The Bertz CT molecular complexity index is 1320. The molecule has 0 bridgehead atoms. The summed E-state index contributed by atoms with van der Waals surface area (Å²) in [6.07, 6.45) is 16.5. The van der Waals surface area contributed by atoms with Crippen molar-refractivity contribution in [2.45, 2.75) is 103 Å². The Morgan fingerprint density at radius 3 is 2.63 bits per heavy atom. The Hall–Kier alpha value is -2.92. The molecule has 2 aromatic carbocycles. The molecular weight excluding hydrogens is 468 g/mol. The number of nitrogens with one attached hydrogen (secondary N) is 1. The summed E-state index contributed by atoms with van der Waals surface area (Å²) in [4.78, 5) is 4.85. The Labute approximate surface area is 228 Å². The molecule has 5 nitrogen and oxygen atoms in total. The Morgan fingerprint density at radius 1 is 1.00 bits per heavy atom. The van der Waals surface area contributed by atoms with Crippen LogP contribution in [0.2, 0.25) is 0 Å². The van der Waals surface area contributed by atoms with E-state index in [-0.39, 0.29) is 0 Å². The third kappa shape index (κ3) is 6.04. The summed E-state index contributed by atoms with van der Waals surface area (Å²) in [7, 11) is 0. The second kappa shape index (κ2) is 12.8. The van der Waals surface area contributed by atoms with Crippen LogP contribution in [0.5, 0.6) is 0 Å². The van der Waals surface area contributed by atoms with Crippen LogP contribution in [0, 0.1) is 0 Å². The first kappa shape index (κ1) is 26.7. The van der Waals surface area contributed by atoms with Gasteiger partial charge >= 0.3 is 0 Å². The maximum Gasteiger partial charge on any atom is 0.258 e. The predicted octanol–water partition coefficient (Wildman–Crippen LogP) is 9.05. The topological polar surface area (TPSA) is 55.9 Å². The molecule has 2 aromatic heterocycles. The number of rotatable bonds is 13. The molecule has 0 fully saturated rings. The second-order valence-electron chi connectivity index (χ2n) is 11.3. The SMILES string of the molecule is CCCCCCCCCCNC1CCCc2c(-c3noc(-c4ccc5c(ccn5C(C)C)c4)n3)cccc21. The van der Waals surface area contributed by atoms with Crippen molar-refractivity contribution in [2.75, 3.05) is 6.54 Å². The zero-order chi connectivity index (χ0) is 26.3. The molecule has 202 valence electrons. The smallest absolute Gasteiger partial charge is 0.258 e. The minimum atomic E-state index is 0.419. The van der Waals surface area contributed by atoms with E-state index in [2.05, 4.69) is 84.5 Å². The Balaban J connectivity index is 1.24. The average molecular weight is 513 g/mol. The third-order valence-corrected chi connectivity index (χ3v) is 8.12. The number of hydrogen-bond donors (Lipinski definition) is 1. The van der Waals surface area contributed by atoms with Crippen molar-refractivity contribution < 1.29 is 4.52 Å². The van der Waals surface area contributed by atoms with Gasteiger partial charge < -0.3 is 14.4 Å². The standard InChI is InChI=1S/C33H44N4O/c1-4-5-6-7-8-9-10-11-21-34-30-17-13-14-27-28(30)15-12-16-29(27)32-35-33(38-36-32)26-18-19-31-25(23-26)20-22-37(31)24(2)3/h12,15-16,18-20,22-24,30,34H,4-11,13-14,17,21H2,1-3H3. The molecule has 2 heterocycles. The molecule has 0 radical (unpaired) electrons. The normalized spacial score (nSPS) is 15.4. The fourth-order valence-electron chi connectivity index (χ4n) is 6.00. The van der Waals surface area contributed by atoms with Crippen LogP contribution < -0.4 is 5.32 Å². The van der Waals surface area contributed by atoms with Crippen LogP contribution in [0.1, 0.15) is 108 Å². The van der Waals surface area contributed by atoms with Crippen molar-refractivity contribution in [2.24, 2.45) is 0 Å². The van der Waals surface area contributed by atoms with E-state index < -0.39 is 0 Å². The van der Waals surface area contributed by atoms with Gasteiger partial charge in [0.25, 0.3) is 5.89 Å². The van der Waals surface area contributed by atoms with Gasteiger partial charge in [-0.3, -0.25) is 0 Å². The molecule has 0 spiro atoms. The minimum Gasteiger partial charge on any atom is -0.345 e. The van der Waals surface area contributed by atoms with Gasteiger partial charge in [-0.2, -0.15) is 4.98 Å². The maximum atomic E-state index is 5.78. The van der Waals surface area contributed by atoms with Gasteiger partial charge in [-0.05, 0) is 81.5 Å². The number of benzene rings is 2. The second-order valence-corrected chi connectivity index (χ2v) is 11.3. The van der Waals surface area contributed by atoms with E-state index in [0.717, 1.165) is 24.1 Å². The van der Waals surface area contributed by atoms with Crippen LogP contribution >= 0.6 is 0 Å². The van der Waals surface area contributed by atoms with Crippen LogP contribution in [0.15, 0.2) is 53.2 Å². The summed E-state index contributed by atoms with van der Waals surface area (Å²) < 4.78 is 8.06. The highest BCUT2D eigenvalue weighted by Gasteiger charge is 2.24. The third-order valence-electron chi connectivity index (χ3n) is 8.12. The lowest BCUT2D eigenvalue weighted by Gasteiger charge is -2.28. The van der Waals surface area contributed by atoms with E-state index in [9.17, 15) is 0 Å².